The van der Waals surface area contributed by atoms with Gasteiger partial charge in [0.25, 0.3) is 0 Å². The first-order valence-corrected chi connectivity index (χ1v) is 3.89. The summed E-state index contributed by atoms with van der Waals surface area (Å²) in [6.45, 7) is 0.437. The van der Waals surface area contributed by atoms with E-state index in [9.17, 15) is 5.11 Å². The maximum absolute atomic E-state index is 9.32. The fourth-order valence-electron chi connectivity index (χ4n) is 1.07. The van der Waals surface area contributed by atoms with Crippen molar-refractivity contribution in [3.8, 4) is 5.75 Å². The van der Waals surface area contributed by atoms with Crippen molar-refractivity contribution in [3.05, 3.63) is 29.3 Å². The highest BCUT2D eigenvalue weighted by Gasteiger charge is 2.00. The molecule has 0 heterocycles. The molecule has 4 N–H and O–H groups in total. The van der Waals surface area contributed by atoms with Crippen LogP contribution in [0.3, 0.4) is 0 Å². The lowest BCUT2D eigenvalue weighted by molar-refractivity contribution is 0.275. The second kappa shape index (κ2) is 4.09. The van der Waals surface area contributed by atoms with Gasteiger partial charge in [0.2, 0.25) is 0 Å². The summed E-state index contributed by atoms with van der Waals surface area (Å²) >= 11 is 0. The molecule has 0 atom stereocenters. The number of benzene rings is 1. The molecule has 0 aliphatic heterocycles. The Balaban J connectivity index is 2.86. The van der Waals surface area contributed by atoms with Crippen LogP contribution in [0.5, 0.6) is 5.75 Å². The summed E-state index contributed by atoms with van der Waals surface area (Å²) in [6, 6.07) is 5.21. The number of hydrogen-bond donors (Lipinski definition) is 3. The van der Waals surface area contributed by atoms with Crippen molar-refractivity contribution < 1.29 is 10.2 Å². The summed E-state index contributed by atoms with van der Waals surface area (Å²) in [6.07, 6.45) is 0.749. The van der Waals surface area contributed by atoms with Gasteiger partial charge in [-0.2, -0.15) is 0 Å². The Hall–Kier alpha value is -1.06. The van der Waals surface area contributed by atoms with E-state index < -0.39 is 0 Å². The number of aromatic hydroxyl groups is 1. The molecule has 0 amide bonds. The molecule has 0 saturated heterocycles. The molecule has 66 valence electrons. The predicted molar refractivity (Wildman–Crippen MR) is 46.8 cm³/mol. The van der Waals surface area contributed by atoms with Crippen LogP contribution in [0.2, 0.25) is 0 Å². The van der Waals surface area contributed by atoms with Gasteiger partial charge in [0.15, 0.2) is 0 Å². The summed E-state index contributed by atoms with van der Waals surface area (Å²) in [5.41, 5.74) is 6.89. The predicted octanol–water partition coefficient (Wildman–Crippen LogP) is 0.386. The van der Waals surface area contributed by atoms with Crippen molar-refractivity contribution in [2.24, 2.45) is 5.73 Å². The SMILES string of the molecule is NCCc1ccc(CO)c(O)c1. The molecule has 0 fully saturated rings. The van der Waals surface area contributed by atoms with E-state index in [-0.39, 0.29) is 12.4 Å². The molecule has 1 aromatic rings. The number of phenols is 1. The number of nitrogens with two attached hydrogens (primary N) is 1. The third-order valence-electron chi connectivity index (χ3n) is 1.75. The first-order valence-electron chi connectivity index (χ1n) is 3.89. The number of hydrogen-bond acceptors (Lipinski definition) is 3. The van der Waals surface area contributed by atoms with Gasteiger partial charge < -0.3 is 15.9 Å². The Morgan fingerprint density at radius 2 is 2.08 bits per heavy atom. The molecule has 1 aromatic carbocycles. The van der Waals surface area contributed by atoms with Gasteiger partial charge in [0, 0.05) is 5.56 Å². The van der Waals surface area contributed by atoms with Gasteiger partial charge in [-0.15, -0.1) is 0 Å². The maximum Gasteiger partial charge on any atom is 0.121 e. The zero-order valence-corrected chi connectivity index (χ0v) is 6.83. The zero-order chi connectivity index (χ0) is 8.97. The van der Waals surface area contributed by atoms with Gasteiger partial charge in [-0.3, -0.25) is 0 Å². The average molecular weight is 167 g/mol. The lowest BCUT2D eigenvalue weighted by Gasteiger charge is -2.03. The van der Waals surface area contributed by atoms with Crippen LogP contribution in [0.25, 0.3) is 0 Å². The molecule has 3 heteroatoms. The van der Waals surface area contributed by atoms with Crippen LogP contribution in [-0.2, 0) is 13.0 Å². The fraction of sp³-hybridized carbons (Fsp3) is 0.333. The van der Waals surface area contributed by atoms with Crippen LogP contribution in [-0.4, -0.2) is 16.8 Å². The highest BCUT2D eigenvalue weighted by Crippen LogP contribution is 2.18. The lowest BCUT2D eigenvalue weighted by Crippen LogP contribution is -2.02. The number of aliphatic hydroxyl groups excluding tert-OH is 1. The van der Waals surface area contributed by atoms with Crippen molar-refractivity contribution in [2.75, 3.05) is 6.54 Å². The second-order valence-electron chi connectivity index (χ2n) is 2.66. The van der Waals surface area contributed by atoms with Crippen molar-refractivity contribution in [3.63, 3.8) is 0 Å². The van der Waals surface area contributed by atoms with Gasteiger partial charge >= 0.3 is 0 Å². The van der Waals surface area contributed by atoms with E-state index >= 15 is 0 Å². The van der Waals surface area contributed by atoms with Crippen LogP contribution < -0.4 is 5.73 Å². The van der Waals surface area contributed by atoms with Gasteiger partial charge in [0.05, 0.1) is 6.61 Å². The Kier molecular flexibility index (Phi) is 3.08. The fourth-order valence-corrected chi connectivity index (χ4v) is 1.07. The Bertz CT molecular complexity index is 261. The summed E-state index contributed by atoms with van der Waals surface area (Å²) in [5, 5.41) is 18.1. The van der Waals surface area contributed by atoms with Crippen LogP contribution in [0.15, 0.2) is 18.2 Å². The quantitative estimate of drug-likeness (QED) is 0.610. The van der Waals surface area contributed by atoms with Crippen LogP contribution in [0.4, 0.5) is 0 Å². The molecule has 0 aliphatic carbocycles. The van der Waals surface area contributed by atoms with Crippen LogP contribution in [0.1, 0.15) is 11.1 Å². The van der Waals surface area contributed by atoms with Crippen molar-refractivity contribution in [1.82, 2.24) is 0 Å². The molecule has 0 aliphatic rings. The molecule has 0 unspecified atom stereocenters. The van der Waals surface area contributed by atoms with Crippen LogP contribution >= 0.6 is 0 Å². The smallest absolute Gasteiger partial charge is 0.121 e. The minimum atomic E-state index is -0.130. The average Bonchev–Trinajstić information content (AvgIpc) is 2.05. The normalized spacial score (nSPS) is 10.2. The van der Waals surface area contributed by atoms with Gasteiger partial charge in [0.1, 0.15) is 5.75 Å². The van der Waals surface area contributed by atoms with E-state index in [4.69, 9.17) is 10.8 Å². The largest absolute Gasteiger partial charge is 0.508 e. The van der Waals surface area contributed by atoms with E-state index in [1.807, 2.05) is 6.07 Å². The molecule has 0 radical (unpaired) electrons. The van der Waals surface area contributed by atoms with Crippen molar-refractivity contribution in [1.29, 1.82) is 0 Å². The van der Waals surface area contributed by atoms with Gasteiger partial charge in [-0.1, -0.05) is 12.1 Å². The summed E-state index contributed by atoms with van der Waals surface area (Å²) in [5.74, 6) is 0.142. The van der Waals surface area contributed by atoms with Crippen molar-refractivity contribution in [2.45, 2.75) is 13.0 Å². The number of aliphatic hydroxyl groups is 1. The third-order valence-corrected chi connectivity index (χ3v) is 1.75. The third kappa shape index (κ3) is 1.96. The molecule has 0 spiro atoms. The molecule has 0 bridgehead atoms. The van der Waals surface area contributed by atoms with E-state index in [1.165, 1.54) is 0 Å². The highest BCUT2D eigenvalue weighted by molar-refractivity contribution is 5.35. The molecule has 0 aromatic heterocycles. The first-order chi connectivity index (χ1) is 5.77. The summed E-state index contributed by atoms with van der Waals surface area (Å²) < 4.78 is 0. The van der Waals surface area contributed by atoms with E-state index in [1.54, 1.807) is 12.1 Å². The Morgan fingerprint density at radius 1 is 1.33 bits per heavy atom. The monoisotopic (exact) mass is 167 g/mol. The standard InChI is InChI=1S/C9H13NO2/c10-4-3-7-1-2-8(6-11)9(12)5-7/h1-2,5,11-12H,3-4,6,10H2. The Labute approximate surface area is 71.5 Å². The van der Waals surface area contributed by atoms with E-state index in [0.717, 1.165) is 12.0 Å². The maximum atomic E-state index is 9.32. The summed E-state index contributed by atoms with van der Waals surface area (Å²) in [7, 11) is 0. The topological polar surface area (TPSA) is 66.5 Å². The second-order valence-corrected chi connectivity index (χ2v) is 2.66. The molecule has 0 saturated carbocycles. The lowest BCUT2D eigenvalue weighted by atomic mass is 10.1. The molecule has 3 nitrogen and oxygen atoms in total. The van der Waals surface area contributed by atoms with E-state index in [2.05, 4.69) is 0 Å². The van der Waals surface area contributed by atoms with Gasteiger partial charge in [-0.25, -0.2) is 0 Å². The van der Waals surface area contributed by atoms with Gasteiger partial charge in [-0.05, 0) is 24.6 Å². The number of rotatable bonds is 3. The minimum Gasteiger partial charge on any atom is -0.508 e. The molecular formula is C9H13NO2. The highest BCUT2D eigenvalue weighted by atomic mass is 16.3. The summed E-state index contributed by atoms with van der Waals surface area (Å²) in [4.78, 5) is 0. The van der Waals surface area contributed by atoms with E-state index in [0.29, 0.717) is 12.1 Å². The van der Waals surface area contributed by atoms with Crippen molar-refractivity contribution >= 4 is 0 Å². The molecule has 1 rings (SSSR count). The Morgan fingerprint density at radius 3 is 2.58 bits per heavy atom. The van der Waals surface area contributed by atoms with Crippen LogP contribution in [0, 0.1) is 0 Å². The molecular weight excluding hydrogens is 154 g/mol. The minimum absolute atomic E-state index is 0.130. The molecule has 12 heavy (non-hydrogen) atoms. The zero-order valence-electron chi connectivity index (χ0n) is 6.83. The first kappa shape index (κ1) is 9.03.